The summed E-state index contributed by atoms with van der Waals surface area (Å²) < 4.78 is 0. The van der Waals surface area contributed by atoms with Crippen molar-refractivity contribution in [1.82, 2.24) is 10.3 Å². The van der Waals surface area contributed by atoms with E-state index in [0.29, 0.717) is 12.0 Å². The first-order valence-electron chi connectivity index (χ1n) is 6.91. The molecule has 0 saturated carbocycles. The van der Waals surface area contributed by atoms with Gasteiger partial charge in [0.1, 0.15) is 6.04 Å². The molecular formula is C16H18N2O3. The van der Waals surface area contributed by atoms with Crippen LogP contribution < -0.4 is 5.32 Å². The van der Waals surface area contributed by atoms with Crippen LogP contribution in [0, 0.1) is 5.92 Å². The molecule has 1 heterocycles. The number of hydrogen-bond donors (Lipinski definition) is 2. The van der Waals surface area contributed by atoms with Gasteiger partial charge in [-0.15, -0.1) is 0 Å². The van der Waals surface area contributed by atoms with Crippen LogP contribution in [0.5, 0.6) is 0 Å². The number of carboxylic acid groups (broad SMARTS) is 1. The van der Waals surface area contributed by atoms with E-state index in [2.05, 4.69) is 10.3 Å². The van der Waals surface area contributed by atoms with E-state index in [1.807, 2.05) is 31.2 Å². The smallest absolute Gasteiger partial charge is 0.326 e. The molecular weight excluding hydrogens is 268 g/mol. The Morgan fingerprint density at radius 2 is 2.05 bits per heavy atom. The highest BCUT2D eigenvalue weighted by atomic mass is 16.4. The van der Waals surface area contributed by atoms with Crippen molar-refractivity contribution >= 4 is 22.8 Å². The van der Waals surface area contributed by atoms with Gasteiger partial charge in [-0.05, 0) is 18.1 Å². The Morgan fingerprint density at radius 3 is 2.71 bits per heavy atom. The molecule has 0 spiro atoms. The third kappa shape index (κ3) is 3.37. The number of carbonyl (C=O) groups is 2. The van der Waals surface area contributed by atoms with Crippen LogP contribution in [0.1, 0.15) is 30.6 Å². The minimum absolute atomic E-state index is 0.139. The summed E-state index contributed by atoms with van der Waals surface area (Å²) in [7, 11) is 0. The van der Waals surface area contributed by atoms with E-state index >= 15 is 0 Å². The molecule has 0 saturated heterocycles. The summed E-state index contributed by atoms with van der Waals surface area (Å²) in [4.78, 5) is 27.7. The Labute approximate surface area is 123 Å². The van der Waals surface area contributed by atoms with Crippen molar-refractivity contribution in [2.24, 2.45) is 5.92 Å². The molecule has 0 aliphatic rings. The number of carboxylic acids is 1. The molecule has 110 valence electrons. The lowest BCUT2D eigenvalue weighted by molar-refractivity contribution is -0.140. The highest BCUT2D eigenvalue weighted by Crippen LogP contribution is 2.14. The monoisotopic (exact) mass is 286 g/mol. The second-order valence-electron chi connectivity index (χ2n) is 5.09. The van der Waals surface area contributed by atoms with E-state index in [4.69, 9.17) is 0 Å². The van der Waals surface area contributed by atoms with Crippen molar-refractivity contribution in [3.63, 3.8) is 0 Å². The summed E-state index contributed by atoms with van der Waals surface area (Å²) in [6.45, 7) is 3.70. The number of aromatic nitrogens is 1. The molecule has 0 aliphatic heterocycles. The molecule has 0 unspecified atom stereocenters. The minimum Gasteiger partial charge on any atom is -0.480 e. The maximum Gasteiger partial charge on any atom is 0.326 e. The first kappa shape index (κ1) is 15.0. The fourth-order valence-corrected chi connectivity index (χ4v) is 2.10. The van der Waals surface area contributed by atoms with Gasteiger partial charge < -0.3 is 10.4 Å². The highest BCUT2D eigenvalue weighted by Gasteiger charge is 2.25. The lowest BCUT2D eigenvalue weighted by atomic mass is 9.99. The van der Waals surface area contributed by atoms with Crippen molar-refractivity contribution in [2.45, 2.75) is 26.3 Å². The number of pyridine rings is 1. The van der Waals surface area contributed by atoms with Crippen LogP contribution in [0.3, 0.4) is 0 Å². The average Bonchev–Trinajstić information content (AvgIpc) is 2.50. The molecule has 0 aliphatic carbocycles. The van der Waals surface area contributed by atoms with Gasteiger partial charge in [0, 0.05) is 11.6 Å². The molecule has 1 aromatic carbocycles. The van der Waals surface area contributed by atoms with Crippen molar-refractivity contribution in [2.75, 3.05) is 0 Å². The Balaban J connectivity index is 2.23. The number of para-hydroxylation sites is 1. The molecule has 1 aromatic heterocycles. The molecule has 0 bridgehead atoms. The van der Waals surface area contributed by atoms with Crippen molar-refractivity contribution in [3.8, 4) is 0 Å². The van der Waals surface area contributed by atoms with Crippen LogP contribution in [-0.2, 0) is 4.79 Å². The van der Waals surface area contributed by atoms with E-state index in [1.165, 1.54) is 6.20 Å². The SMILES string of the molecule is CC[C@H](C)[C@H](NC(=O)c1cnc2ccccc2c1)C(=O)O. The summed E-state index contributed by atoms with van der Waals surface area (Å²) in [5, 5.41) is 12.6. The van der Waals surface area contributed by atoms with Gasteiger partial charge in [-0.2, -0.15) is 0 Å². The van der Waals surface area contributed by atoms with Crippen LogP contribution in [0.2, 0.25) is 0 Å². The Bertz CT molecular complexity index is 669. The first-order chi connectivity index (χ1) is 10.0. The van der Waals surface area contributed by atoms with Crippen LogP contribution >= 0.6 is 0 Å². The summed E-state index contributed by atoms with van der Waals surface area (Å²) >= 11 is 0. The van der Waals surface area contributed by atoms with Gasteiger partial charge in [0.2, 0.25) is 0 Å². The van der Waals surface area contributed by atoms with Crippen LogP contribution in [-0.4, -0.2) is 28.0 Å². The standard InChI is InChI=1S/C16H18N2O3/c1-3-10(2)14(16(20)21)18-15(19)12-8-11-6-4-5-7-13(11)17-9-12/h4-10,14H,3H2,1-2H3,(H,18,19)(H,20,21)/t10-,14-/m0/s1. The predicted octanol–water partition coefficient (Wildman–Crippen LogP) is 2.46. The van der Waals surface area contributed by atoms with E-state index in [1.54, 1.807) is 13.0 Å². The van der Waals surface area contributed by atoms with Gasteiger partial charge in [-0.1, -0.05) is 38.5 Å². The predicted molar refractivity (Wildman–Crippen MR) is 80.1 cm³/mol. The zero-order chi connectivity index (χ0) is 15.4. The molecule has 2 aromatic rings. The quantitative estimate of drug-likeness (QED) is 0.885. The molecule has 21 heavy (non-hydrogen) atoms. The third-order valence-corrected chi connectivity index (χ3v) is 3.62. The van der Waals surface area contributed by atoms with Crippen LogP contribution in [0.15, 0.2) is 36.5 Å². The van der Waals surface area contributed by atoms with E-state index in [0.717, 1.165) is 10.9 Å². The minimum atomic E-state index is -1.02. The van der Waals surface area contributed by atoms with Gasteiger partial charge in [0.25, 0.3) is 5.91 Å². The fraction of sp³-hybridized carbons (Fsp3) is 0.312. The topological polar surface area (TPSA) is 79.3 Å². The molecule has 5 nitrogen and oxygen atoms in total. The number of fused-ring (bicyclic) bond motifs is 1. The number of hydrogen-bond acceptors (Lipinski definition) is 3. The molecule has 2 atom stereocenters. The largest absolute Gasteiger partial charge is 0.480 e. The number of nitrogens with one attached hydrogen (secondary N) is 1. The normalized spacial score (nSPS) is 13.6. The summed E-state index contributed by atoms with van der Waals surface area (Å²) in [6, 6.07) is 8.28. The lowest BCUT2D eigenvalue weighted by Gasteiger charge is -2.20. The maximum atomic E-state index is 12.2. The van der Waals surface area contributed by atoms with Gasteiger partial charge in [0.15, 0.2) is 0 Å². The summed E-state index contributed by atoms with van der Waals surface area (Å²) in [5.41, 5.74) is 1.16. The molecule has 0 fully saturated rings. The molecule has 0 radical (unpaired) electrons. The maximum absolute atomic E-state index is 12.2. The second kappa shape index (κ2) is 6.35. The number of nitrogens with zero attached hydrogens (tertiary/aromatic N) is 1. The zero-order valence-electron chi connectivity index (χ0n) is 12.0. The lowest BCUT2D eigenvalue weighted by Crippen LogP contribution is -2.45. The van der Waals surface area contributed by atoms with E-state index in [-0.39, 0.29) is 5.92 Å². The number of amides is 1. The number of rotatable bonds is 5. The summed E-state index contributed by atoms with van der Waals surface area (Å²) in [6.07, 6.45) is 2.14. The highest BCUT2D eigenvalue weighted by molar-refractivity contribution is 5.99. The fourth-order valence-electron chi connectivity index (χ4n) is 2.10. The van der Waals surface area contributed by atoms with Gasteiger partial charge in [-0.25, -0.2) is 4.79 Å². The van der Waals surface area contributed by atoms with Gasteiger partial charge >= 0.3 is 5.97 Å². The Kier molecular flexibility index (Phi) is 4.52. The van der Waals surface area contributed by atoms with Crippen molar-refractivity contribution in [1.29, 1.82) is 0 Å². The number of benzene rings is 1. The molecule has 5 heteroatoms. The molecule has 2 N–H and O–H groups in total. The Morgan fingerprint density at radius 1 is 1.33 bits per heavy atom. The van der Waals surface area contributed by atoms with Crippen LogP contribution in [0.25, 0.3) is 10.9 Å². The Hall–Kier alpha value is -2.43. The summed E-state index contributed by atoms with van der Waals surface area (Å²) in [5.74, 6) is -1.58. The molecule has 1 amide bonds. The average molecular weight is 286 g/mol. The third-order valence-electron chi connectivity index (χ3n) is 3.62. The number of carbonyl (C=O) groups excluding carboxylic acids is 1. The van der Waals surface area contributed by atoms with Gasteiger partial charge in [-0.3, -0.25) is 9.78 Å². The van der Waals surface area contributed by atoms with Crippen LogP contribution in [0.4, 0.5) is 0 Å². The second-order valence-corrected chi connectivity index (χ2v) is 5.09. The number of aliphatic carboxylic acids is 1. The zero-order valence-corrected chi connectivity index (χ0v) is 12.0. The van der Waals surface area contributed by atoms with E-state index < -0.39 is 17.9 Å². The van der Waals surface area contributed by atoms with Crippen molar-refractivity contribution in [3.05, 3.63) is 42.1 Å². The first-order valence-corrected chi connectivity index (χ1v) is 6.91. The molecule has 2 rings (SSSR count). The van der Waals surface area contributed by atoms with Gasteiger partial charge in [0.05, 0.1) is 11.1 Å². The van der Waals surface area contributed by atoms with Crippen molar-refractivity contribution < 1.29 is 14.7 Å². The van der Waals surface area contributed by atoms with E-state index in [9.17, 15) is 14.7 Å².